The standard InChI is InChI=1S/C20H31NO3/c1-20(2,3)11-14-12-21-7-6-13-8-18(23-4)19(24-5)9-15(13)16(21)10-17(14)22/h8-9,14,16-17,22H,6-7,10-12H2,1-5H3/i1D3,2D3,6D2,7D2,10D2,11D2,14D,17D. The van der Waals surface area contributed by atoms with E-state index in [1.807, 2.05) is 0 Å². The number of methoxy groups -OCH3 is 2. The molecular weight excluding hydrogens is 302 g/mol. The first-order valence-corrected chi connectivity index (χ1v) is 7.33. The van der Waals surface area contributed by atoms with Crippen molar-refractivity contribution in [2.75, 3.05) is 27.3 Å². The van der Waals surface area contributed by atoms with E-state index in [9.17, 15) is 5.11 Å². The molecule has 4 nitrogen and oxygen atoms in total. The predicted octanol–water partition coefficient (Wildman–Crippen LogP) is 3.42. The van der Waals surface area contributed by atoms with Crippen LogP contribution >= 0.6 is 0 Å². The number of nitrogens with zero attached hydrogens (tertiary/aromatic N) is 1. The zero-order chi connectivity index (χ0) is 31.5. The smallest absolute Gasteiger partial charge is 0.161 e. The molecule has 1 aromatic rings. The molecule has 2 heterocycles. The van der Waals surface area contributed by atoms with Gasteiger partial charge in [0.15, 0.2) is 11.5 Å². The Morgan fingerprint density at radius 3 is 2.79 bits per heavy atom. The fourth-order valence-corrected chi connectivity index (χ4v) is 2.74. The van der Waals surface area contributed by atoms with Gasteiger partial charge in [0.1, 0.15) is 0 Å². The maximum Gasteiger partial charge on any atom is 0.161 e. The highest BCUT2D eigenvalue weighted by Gasteiger charge is 2.39. The van der Waals surface area contributed by atoms with E-state index >= 15 is 0 Å². The van der Waals surface area contributed by atoms with Crippen LogP contribution in [0, 0.1) is 11.3 Å². The number of fused-ring (bicyclic) bond motifs is 3. The summed E-state index contributed by atoms with van der Waals surface area (Å²) in [6, 6.07) is 0.155. The summed E-state index contributed by atoms with van der Waals surface area (Å²) in [7, 11) is 2.46. The Morgan fingerprint density at radius 1 is 1.42 bits per heavy atom. The van der Waals surface area contributed by atoms with E-state index in [-0.39, 0.29) is 17.1 Å². The van der Waals surface area contributed by atoms with Gasteiger partial charge in [0.05, 0.1) is 21.7 Å². The molecule has 24 heavy (non-hydrogen) atoms. The summed E-state index contributed by atoms with van der Waals surface area (Å²) >= 11 is 0. The first kappa shape index (κ1) is 6.48. The largest absolute Gasteiger partial charge is 0.493 e. The van der Waals surface area contributed by atoms with Crippen molar-refractivity contribution < 1.29 is 36.5 Å². The first-order chi connectivity index (χ1) is 17.6. The summed E-state index contributed by atoms with van der Waals surface area (Å²) in [5, 5.41) is 11.4. The van der Waals surface area contributed by atoms with Gasteiger partial charge in [-0.3, -0.25) is 4.90 Å². The van der Waals surface area contributed by atoms with Crippen molar-refractivity contribution >= 4 is 0 Å². The number of aryl methyl sites for hydroxylation is 1. The molecule has 1 saturated heterocycles. The average Bonchev–Trinajstić information content (AvgIpc) is 2.78. The maximum absolute atomic E-state index is 11.4. The minimum atomic E-state index is -3.92. The van der Waals surface area contributed by atoms with Gasteiger partial charge in [-0.2, -0.15) is 0 Å². The normalized spacial score (nSPS) is 51.2. The van der Waals surface area contributed by atoms with Gasteiger partial charge >= 0.3 is 0 Å². The quantitative estimate of drug-likeness (QED) is 0.908. The number of piperidine rings is 1. The lowest BCUT2D eigenvalue weighted by atomic mass is 9.75. The van der Waals surface area contributed by atoms with Crippen molar-refractivity contribution in [3.8, 4) is 11.5 Å². The van der Waals surface area contributed by atoms with E-state index in [1.165, 1.54) is 14.2 Å². The summed E-state index contributed by atoms with van der Waals surface area (Å²) in [4.78, 5) is 0.411. The molecule has 2 aliphatic rings. The molecule has 0 bridgehead atoms. The lowest BCUT2D eigenvalue weighted by Gasteiger charge is -2.47. The van der Waals surface area contributed by atoms with Crippen molar-refractivity contribution in [1.29, 1.82) is 0 Å². The minimum Gasteiger partial charge on any atom is -0.493 e. The third kappa shape index (κ3) is 3.40. The van der Waals surface area contributed by atoms with Crippen LogP contribution in [0.15, 0.2) is 12.1 Å². The first-order valence-electron chi connectivity index (χ1n) is 15.3. The Labute approximate surface area is 168 Å². The molecule has 3 rings (SSSR count). The second-order valence-electron chi connectivity index (χ2n) is 5.78. The lowest BCUT2D eigenvalue weighted by molar-refractivity contribution is -0.0259. The molecule has 1 fully saturated rings. The molecule has 0 radical (unpaired) electrons. The second-order valence-corrected chi connectivity index (χ2v) is 5.78. The van der Waals surface area contributed by atoms with Crippen LogP contribution in [0.2, 0.25) is 0 Å². The van der Waals surface area contributed by atoms with Crippen LogP contribution < -0.4 is 9.47 Å². The highest BCUT2D eigenvalue weighted by molar-refractivity contribution is 5.49. The number of aliphatic hydroxyl groups is 1. The van der Waals surface area contributed by atoms with Crippen LogP contribution in [-0.4, -0.2) is 43.3 Å². The Hall–Kier alpha value is -1.26. The Balaban J connectivity index is 2.45. The second kappa shape index (κ2) is 6.57. The summed E-state index contributed by atoms with van der Waals surface area (Å²) in [6.45, 7) is -11.6. The van der Waals surface area contributed by atoms with Crippen LogP contribution in [0.4, 0.5) is 0 Å². The molecule has 4 heteroatoms. The van der Waals surface area contributed by atoms with Crippen LogP contribution in [0.3, 0.4) is 0 Å². The van der Waals surface area contributed by atoms with E-state index in [0.29, 0.717) is 11.8 Å². The molecule has 0 aliphatic carbocycles. The summed E-state index contributed by atoms with van der Waals surface area (Å²) < 4.78 is 145. The highest BCUT2D eigenvalue weighted by atomic mass is 16.5. The van der Waals surface area contributed by atoms with Gasteiger partial charge in [-0.05, 0) is 53.7 Å². The molecule has 0 amide bonds. The molecular formula is C20H31NO3. The molecule has 1 N–H and O–H groups in total. The van der Waals surface area contributed by atoms with Crippen molar-refractivity contribution in [3.63, 3.8) is 0 Å². The molecule has 0 saturated carbocycles. The van der Waals surface area contributed by atoms with Gasteiger partial charge in [0.25, 0.3) is 0 Å². The Bertz CT molecular complexity index is 1160. The molecule has 3 atom stereocenters. The van der Waals surface area contributed by atoms with Crippen LogP contribution in [0.1, 0.15) is 72.5 Å². The van der Waals surface area contributed by atoms with Crippen LogP contribution in [0.5, 0.6) is 11.5 Å². The minimum absolute atomic E-state index is 0.0378. The van der Waals surface area contributed by atoms with Gasteiger partial charge in [0, 0.05) is 39.6 Å². The van der Waals surface area contributed by atoms with Crippen molar-refractivity contribution in [3.05, 3.63) is 23.3 Å². The van der Waals surface area contributed by atoms with E-state index < -0.39 is 74.9 Å². The maximum atomic E-state index is 11.4. The zero-order valence-electron chi connectivity index (χ0n) is 29.7. The topological polar surface area (TPSA) is 41.9 Å². The number of hydrogen-bond donors (Lipinski definition) is 1. The summed E-state index contributed by atoms with van der Waals surface area (Å²) in [6.07, 6.45) is -14.4. The van der Waals surface area contributed by atoms with E-state index in [0.717, 1.165) is 12.1 Å². The van der Waals surface area contributed by atoms with Gasteiger partial charge in [0.2, 0.25) is 0 Å². The third-order valence-electron chi connectivity index (χ3n) is 3.78. The number of ether oxygens (including phenoxy) is 2. The average molecular weight is 350 g/mol. The van der Waals surface area contributed by atoms with Gasteiger partial charge in [-0.15, -0.1) is 0 Å². The molecule has 134 valence electrons. The van der Waals surface area contributed by atoms with Gasteiger partial charge in [-0.25, -0.2) is 0 Å². The van der Waals surface area contributed by atoms with Crippen molar-refractivity contribution in [2.24, 2.45) is 11.3 Å². The van der Waals surface area contributed by atoms with Crippen molar-refractivity contribution in [1.82, 2.24) is 4.90 Å². The van der Waals surface area contributed by atoms with Gasteiger partial charge < -0.3 is 14.6 Å². The number of hydrogen-bond acceptors (Lipinski definition) is 4. The number of benzene rings is 1. The summed E-state index contributed by atoms with van der Waals surface area (Å²) in [5.41, 5.74) is -4.19. The Kier molecular flexibility index (Phi) is 1.77. The molecule has 2 aliphatic heterocycles. The van der Waals surface area contributed by atoms with E-state index in [2.05, 4.69) is 0 Å². The third-order valence-corrected chi connectivity index (χ3v) is 3.78. The number of rotatable bonds is 3. The van der Waals surface area contributed by atoms with Gasteiger partial charge in [-0.1, -0.05) is 20.6 Å². The molecule has 1 aromatic carbocycles. The molecule has 3 unspecified atom stereocenters. The Morgan fingerprint density at radius 2 is 2.12 bits per heavy atom. The van der Waals surface area contributed by atoms with Crippen LogP contribution in [0.25, 0.3) is 0 Å². The monoisotopic (exact) mass is 349 g/mol. The van der Waals surface area contributed by atoms with E-state index in [1.54, 1.807) is 0 Å². The zero-order valence-corrected chi connectivity index (χ0v) is 13.7. The molecule has 0 spiro atoms. The molecule has 0 aromatic heterocycles. The van der Waals surface area contributed by atoms with Crippen molar-refractivity contribution in [2.45, 2.75) is 51.9 Å². The fraction of sp³-hybridized carbons (Fsp3) is 0.700. The fourth-order valence-electron chi connectivity index (χ4n) is 2.74. The highest BCUT2D eigenvalue weighted by Crippen LogP contribution is 2.44. The predicted molar refractivity (Wildman–Crippen MR) is 95.7 cm³/mol. The SMILES string of the molecule is [2H]C([2H])([2H])C(C)(C([2H])([2H])[2H])C([2H])([2H])C1([2H])CN2C(c3cc(OC)c(OC)cc3C([2H])([2H])C2([2H])[2H])C([2H])([2H])C1([2H])O. The lowest BCUT2D eigenvalue weighted by Crippen LogP contribution is -2.48. The summed E-state index contributed by atoms with van der Waals surface area (Å²) in [5.74, 6) is -3.78. The van der Waals surface area contributed by atoms with E-state index in [4.69, 9.17) is 31.4 Å². The van der Waals surface area contributed by atoms with Crippen LogP contribution in [-0.2, 0) is 6.37 Å².